The van der Waals surface area contributed by atoms with Gasteiger partial charge in [0, 0.05) is 5.39 Å². The van der Waals surface area contributed by atoms with E-state index in [-0.39, 0.29) is 11.6 Å². The van der Waals surface area contributed by atoms with Crippen LogP contribution in [0.4, 0.5) is 4.39 Å². The fourth-order valence-corrected chi connectivity index (χ4v) is 2.43. The van der Waals surface area contributed by atoms with Gasteiger partial charge in [0.2, 0.25) is 0 Å². The lowest BCUT2D eigenvalue weighted by Crippen LogP contribution is -1.84. The largest absolute Gasteiger partial charge is 0.506 e. The van der Waals surface area contributed by atoms with Crippen LogP contribution in [-0.4, -0.2) is 10.1 Å². The third kappa shape index (κ3) is 2.95. The highest BCUT2D eigenvalue weighted by atomic mass is 79.9. The number of hydrogen-bond donors (Lipinski definition) is 1. The van der Waals surface area contributed by atoms with Crippen LogP contribution in [0.15, 0.2) is 53.0 Å². The summed E-state index contributed by atoms with van der Waals surface area (Å²) in [5.74, 6) is -0.131. The van der Waals surface area contributed by atoms with Gasteiger partial charge in [-0.05, 0) is 51.8 Å². The Morgan fingerprint density at radius 3 is 2.71 bits per heavy atom. The summed E-state index contributed by atoms with van der Waals surface area (Å²) in [6, 6.07) is 13.9. The minimum Gasteiger partial charge on any atom is -0.506 e. The molecule has 0 spiro atoms. The molecule has 0 unspecified atom stereocenters. The normalized spacial score (nSPS) is 11.3. The van der Waals surface area contributed by atoms with E-state index in [1.54, 1.807) is 24.3 Å². The highest BCUT2D eigenvalue weighted by molar-refractivity contribution is 9.10. The number of aromatic hydroxyl groups is 1. The van der Waals surface area contributed by atoms with Crippen LogP contribution in [0.5, 0.6) is 5.75 Å². The Bertz CT molecular complexity index is 845. The Labute approximate surface area is 129 Å². The molecule has 0 saturated carbocycles. The van der Waals surface area contributed by atoms with Crippen molar-refractivity contribution in [3.63, 3.8) is 0 Å². The molecule has 0 saturated heterocycles. The number of aromatic nitrogens is 1. The van der Waals surface area contributed by atoms with Crippen molar-refractivity contribution in [3.05, 3.63) is 70.1 Å². The molecule has 0 aliphatic heterocycles. The lowest BCUT2D eigenvalue weighted by atomic mass is 10.1. The van der Waals surface area contributed by atoms with Crippen molar-refractivity contribution >= 4 is 39.0 Å². The van der Waals surface area contributed by atoms with E-state index in [0.29, 0.717) is 9.99 Å². The number of nitrogens with zero attached hydrogens (tertiary/aromatic N) is 1. The van der Waals surface area contributed by atoms with Crippen molar-refractivity contribution in [1.29, 1.82) is 0 Å². The molecule has 2 nitrogen and oxygen atoms in total. The maximum Gasteiger partial charge on any atom is 0.141 e. The van der Waals surface area contributed by atoms with E-state index in [1.165, 1.54) is 6.07 Å². The van der Waals surface area contributed by atoms with Gasteiger partial charge in [-0.1, -0.05) is 30.3 Å². The summed E-state index contributed by atoms with van der Waals surface area (Å²) < 4.78 is 13.6. The number of pyridine rings is 1. The highest BCUT2D eigenvalue weighted by Crippen LogP contribution is 2.23. The van der Waals surface area contributed by atoms with Crippen molar-refractivity contribution in [2.45, 2.75) is 0 Å². The van der Waals surface area contributed by atoms with Gasteiger partial charge in [-0.25, -0.2) is 9.37 Å². The number of para-hydroxylation sites is 1. The smallest absolute Gasteiger partial charge is 0.141 e. The van der Waals surface area contributed by atoms with Gasteiger partial charge >= 0.3 is 0 Å². The first-order valence-corrected chi connectivity index (χ1v) is 7.15. The van der Waals surface area contributed by atoms with Crippen molar-refractivity contribution in [3.8, 4) is 5.75 Å². The molecule has 0 bridgehead atoms. The lowest BCUT2D eigenvalue weighted by molar-refractivity contribution is 0.480. The van der Waals surface area contributed by atoms with Gasteiger partial charge in [-0.3, -0.25) is 0 Å². The van der Waals surface area contributed by atoms with Crippen LogP contribution in [0, 0.1) is 5.82 Å². The topological polar surface area (TPSA) is 33.1 Å². The number of benzene rings is 2. The summed E-state index contributed by atoms with van der Waals surface area (Å²) in [4.78, 5) is 4.41. The molecule has 1 N–H and O–H groups in total. The Balaban J connectivity index is 1.95. The Kier molecular flexibility index (Phi) is 3.71. The van der Waals surface area contributed by atoms with Crippen LogP contribution >= 0.6 is 15.9 Å². The summed E-state index contributed by atoms with van der Waals surface area (Å²) >= 11 is 3.16. The molecule has 0 aliphatic rings. The van der Waals surface area contributed by atoms with Crippen molar-refractivity contribution in [2.75, 3.05) is 0 Å². The monoisotopic (exact) mass is 343 g/mol. The molecule has 1 aromatic heterocycles. The maximum absolute atomic E-state index is 13.2. The standard InChI is InChI=1S/C17H11BrFNO/c18-14-10-11(5-9-15(14)19)4-7-13-8-6-12-2-1-3-16(21)17(12)20-13/h1-10,21H/b7-4+. The zero-order valence-electron chi connectivity index (χ0n) is 10.9. The first kappa shape index (κ1) is 13.8. The van der Waals surface area contributed by atoms with Crippen LogP contribution in [0.2, 0.25) is 0 Å². The van der Waals surface area contributed by atoms with Crippen LogP contribution in [0.3, 0.4) is 0 Å². The summed E-state index contributed by atoms with van der Waals surface area (Å²) in [7, 11) is 0. The van der Waals surface area contributed by atoms with E-state index < -0.39 is 0 Å². The molecule has 1 heterocycles. The molecule has 0 fully saturated rings. The van der Waals surface area contributed by atoms with Crippen molar-refractivity contribution in [1.82, 2.24) is 4.98 Å². The van der Waals surface area contributed by atoms with Crippen molar-refractivity contribution in [2.24, 2.45) is 0 Å². The number of phenolic OH excluding ortho intramolecular Hbond substituents is 1. The van der Waals surface area contributed by atoms with E-state index in [9.17, 15) is 9.50 Å². The summed E-state index contributed by atoms with van der Waals surface area (Å²) in [6.07, 6.45) is 3.67. The van der Waals surface area contributed by atoms with Crippen LogP contribution in [0.1, 0.15) is 11.3 Å². The van der Waals surface area contributed by atoms with E-state index in [1.807, 2.05) is 30.4 Å². The molecule has 104 valence electrons. The second-order valence-corrected chi connectivity index (χ2v) is 5.45. The van der Waals surface area contributed by atoms with Crippen LogP contribution in [-0.2, 0) is 0 Å². The minimum atomic E-state index is -0.291. The summed E-state index contributed by atoms with van der Waals surface area (Å²) in [5, 5.41) is 10.7. The summed E-state index contributed by atoms with van der Waals surface area (Å²) in [5.41, 5.74) is 2.16. The molecule has 0 aliphatic carbocycles. The third-order valence-corrected chi connectivity index (χ3v) is 3.72. The molecule has 3 aromatic rings. The summed E-state index contributed by atoms with van der Waals surface area (Å²) in [6.45, 7) is 0. The molecule has 0 amide bonds. The molecule has 0 radical (unpaired) electrons. The van der Waals surface area contributed by atoms with E-state index in [4.69, 9.17) is 0 Å². The average molecular weight is 344 g/mol. The fraction of sp³-hybridized carbons (Fsp3) is 0. The van der Waals surface area contributed by atoms with E-state index in [0.717, 1.165) is 16.6 Å². The number of fused-ring (bicyclic) bond motifs is 1. The number of hydrogen-bond acceptors (Lipinski definition) is 2. The van der Waals surface area contributed by atoms with Gasteiger partial charge < -0.3 is 5.11 Å². The Morgan fingerprint density at radius 2 is 1.90 bits per heavy atom. The van der Waals surface area contributed by atoms with Gasteiger partial charge in [0.15, 0.2) is 0 Å². The van der Waals surface area contributed by atoms with E-state index in [2.05, 4.69) is 20.9 Å². The molecular weight excluding hydrogens is 333 g/mol. The lowest BCUT2D eigenvalue weighted by Gasteiger charge is -2.01. The predicted molar refractivity (Wildman–Crippen MR) is 86.4 cm³/mol. The van der Waals surface area contributed by atoms with Crippen LogP contribution < -0.4 is 0 Å². The quantitative estimate of drug-likeness (QED) is 0.709. The molecular formula is C17H11BrFNO. The average Bonchev–Trinajstić information content (AvgIpc) is 2.49. The number of halogens is 2. The molecule has 0 atom stereocenters. The molecule has 21 heavy (non-hydrogen) atoms. The zero-order valence-corrected chi connectivity index (χ0v) is 12.5. The first-order valence-electron chi connectivity index (χ1n) is 6.35. The molecule has 4 heteroatoms. The fourth-order valence-electron chi connectivity index (χ4n) is 2.04. The number of phenols is 1. The van der Waals surface area contributed by atoms with Crippen LogP contribution in [0.25, 0.3) is 23.1 Å². The van der Waals surface area contributed by atoms with E-state index >= 15 is 0 Å². The van der Waals surface area contributed by atoms with Gasteiger partial charge in [0.1, 0.15) is 17.1 Å². The molecule has 3 rings (SSSR count). The van der Waals surface area contributed by atoms with Crippen molar-refractivity contribution < 1.29 is 9.50 Å². The number of rotatable bonds is 2. The Morgan fingerprint density at radius 1 is 1.05 bits per heavy atom. The maximum atomic E-state index is 13.2. The van der Waals surface area contributed by atoms with Gasteiger partial charge in [-0.15, -0.1) is 0 Å². The SMILES string of the molecule is Oc1cccc2ccc(/C=C/c3ccc(F)c(Br)c3)nc12. The molecule has 2 aromatic carbocycles. The zero-order chi connectivity index (χ0) is 14.8. The second kappa shape index (κ2) is 5.66. The first-order chi connectivity index (χ1) is 10.1. The minimum absolute atomic E-state index is 0.160. The predicted octanol–water partition coefficient (Wildman–Crippen LogP) is 5.01. The second-order valence-electron chi connectivity index (χ2n) is 4.59. The Hall–Kier alpha value is -2.20. The van der Waals surface area contributed by atoms with Gasteiger partial charge in [0.05, 0.1) is 10.2 Å². The van der Waals surface area contributed by atoms with Gasteiger partial charge in [-0.2, -0.15) is 0 Å². The highest BCUT2D eigenvalue weighted by Gasteiger charge is 2.01. The third-order valence-electron chi connectivity index (χ3n) is 3.11. The van der Waals surface area contributed by atoms with Gasteiger partial charge in [0.25, 0.3) is 0 Å².